The Morgan fingerprint density at radius 3 is 2.28 bits per heavy atom. The number of carbonyl (C=O) groups is 2. The summed E-state index contributed by atoms with van der Waals surface area (Å²) in [5, 5.41) is 23.1. The fourth-order valence-electron chi connectivity index (χ4n) is 4.40. The quantitative estimate of drug-likeness (QED) is 0.495. The number of hydrogen-bond donors (Lipinski definition) is 2. The van der Waals surface area contributed by atoms with E-state index in [1.165, 1.54) is 31.4 Å². The van der Waals surface area contributed by atoms with Gasteiger partial charge in [-0.25, -0.2) is 4.98 Å². The van der Waals surface area contributed by atoms with Crippen molar-refractivity contribution in [1.29, 1.82) is 5.26 Å². The smallest absolute Gasteiger partial charge is 0.369 e. The number of aliphatic hydroxyl groups is 1. The summed E-state index contributed by atoms with van der Waals surface area (Å²) in [7, 11) is 1.49. The average molecular weight is 558 g/mol. The fourth-order valence-corrected chi connectivity index (χ4v) is 4.67. The number of alkyl halides is 3. The van der Waals surface area contributed by atoms with E-state index in [0.29, 0.717) is 22.5 Å². The molecule has 1 atom stereocenters. The molecule has 39 heavy (non-hydrogen) atoms. The number of pyridine rings is 1. The predicted octanol–water partition coefficient (Wildman–Crippen LogP) is 3.73. The fraction of sp³-hybridized carbons (Fsp3) is 0.259. The number of aromatic nitrogens is 1. The van der Waals surface area contributed by atoms with Crippen molar-refractivity contribution in [3.8, 4) is 17.2 Å². The highest BCUT2D eigenvalue weighted by Crippen LogP contribution is 2.40. The van der Waals surface area contributed by atoms with Crippen LogP contribution in [-0.2, 0) is 10.4 Å². The van der Waals surface area contributed by atoms with Gasteiger partial charge in [-0.05, 0) is 23.8 Å². The molecule has 202 valence electrons. The van der Waals surface area contributed by atoms with Crippen molar-refractivity contribution in [2.24, 2.45) is 0 Å². The SMILES string of the molecule is CNC(=O)c1ccc(-c2cnc(N3CCN(C(=O)C(O)(c4ccccc4)C(F)(F)F)CC3)c(C#N)c2)cc1Cl. The van der Waals surface area contributed by atoms with Gasteiger partial charge in [-0.1, -0.05) is 48.0 Å². The average Bonchev–Trinajstić information content (AvgIpc) is 2.95. The Morgan fingerprint density at radius 1 is 1.05 bits per heavy atom. The molecular weight excluding hydrogens is 535 g/mol. The van der Waals surface area contributed by atoms with Crippen molar-refractivity contribution in [3.63, 3.8) is 0 Å². The summed E-state index contributed by atoms with van der Waals surface area (Å²) in [6.45, 7) is -0.0336. The Balaban J connectivity index is 1.53. The van der Waals surface area contributed by atoms with E-state index >= 15 is 0 Å². The van der Waals surface area contributed by atoms with Gasteiger partial charge in [0.2, 0.25) is 0 Å². The van der Waals surface area contributed by atoms with E-state index in [-0.39, 0.29) is 42.7 Å². The normalized spacial score (nSPS) is 15.3. The number of hydrogen-bond acceptors (Lipinski definition) is 6. The lowest BCUT2D eigenvalue weighted by atomic mass is 9.91. The van der Waals surface area contributed by atoms with Crippen molar-refractivity contribution in [2.75, 3.05) is 38.1 Å². The lowest BCUT2D eigenvalue weighted by molar-refractivity contribution is -0.262. The Bertz CT molecular complexity index is 1440. The first-order valence-electron chi connectivity index (χ1n) is 11.8. The molecule has 2 heterocycles. The van der Waals surface area contributed by atoms with E-state index in [0.717, 1.165) is 17.0 Å². The van der Waals surface area contributed by atoms with Crippen LogP contribution in [0.3, 0.4) is 0 Å². The van der Waals surface area contributed by atoms with E-state index in [1.54, 1.807) is 29.2 Å². The van der Waals surface area contributed by atoms with Gasteiger partial charge in [0, 0.05) is 50.6 Å². The van der Waals surface area contributed by atoms with Crippen LogP contribution in [0.5, 0.6) is 0 Å². The minimum Gasteiger partial charge on any atom is -0.369 e. The summed E-state index contributed by atoms with van der Waals surface area (Å²) in [5.74, 6) is -1.48. The first-order chi connectivity index (χ1) is 18.5. The maximum atomic E-state index is 13.9. The molecule has 3 aromatic rings. The Labute approximate surface area is 227 Å². The number of rotatable bonds is 5. The first-order valence-corrected chi connectivity index (χ1v) is 12.2. The van der Waals surface area contributed by atoms with Gasteiger partial charge in [-0.15, -0.1) is 0 Å². The Hall–Kier alpha value is -4.14. The van der Waals surface area contributed by atoms with E-state index in [2.05, 4.69) is 16.4 Å². The molecular formula is C27H23ClF3N5O3. The molecule has 8 nitrogen and oxygen atoms in total. The highest BCUT2D eigenvalue weighted by Gasteiger charge is 2.62. The second kappa shape index (κ2) is 10.9. The maximum absolute atomic E-state index is 13.9. The molecule has 0 spiro atoms. The molecule has 1 aliphatic rings. The molecule has 0 saturated carbocycles. The monoisotopic (exact) mass is 557 g/mol. The molecule has 1 unspecified atom stereocenters. The van der Waals surface area contributed by atoms with Crippen LogP contribution in [0.1, 0.15) is 21.5 Å². The molecule has 2 amide bonds. The number of anilines is 1. The third-order valence-electron chi connectivity index (χ3n) is 6.54. The summed E-state index contributed by atoms with van der Waals surface area (Å²) >= 11 is 6.24. The summed E-state index contributed by atoms with van der Waals surface area (Å²) < 4.78 is 41.8. The second-order valence-corrected chi connectivity index (χ2v) is 9.24. The number of carbonyl (C=O) groups excluding carboxylic acids is 2. The van der Waals surface area contributed by atoms with Gasteiger partial charge in [0.25, 0.3) is 17.4 Å². The van der Waals surface area contributed by atoms with Gasteiger partial charge in [0.1, 0.15) is 11.9 Å². The van der Waals surface area contributed by atoms with Crippen LogP contribution in [0.4, 0.5) is 19.0 Å². The predicted molar refractivity (Wildman–Crippen MR) is 138 cm³/mol. The van der Waals surface area contributed by atoms with Crippen LogP contribution in [0.15, 0.2) is 60.8 Å². The van der Waals surface area contributed by atoms with Crippen LogP contribution >= 0.6 is 11.6 Å². The van der Waals surface area contributed by atoms with E-state index in [9.17, 15) is 33.1 Å². The third-order valence-corrected chi connectivity index (χ3v) is 6.85. The van der Waals surface area contributed by atoms with E-state index in [4.69, 9.17) is 11.6 Å². The Kier molecular flexibility index (Phi) is 7.81. The topological polar surface area (TPSA) is 110 Å². The summed E-state index contributed by atoms with van der Waals surface area (Å²) in [4.78, 5) is 31.9. The highest BCUT2D eigenvalue weighted by molar-refractivity contribution is 6.34. The van der Waals surface area contributed by atoms with Crippen LogP contribution in [0.25, 0.3) is 11.1 Å². The van der Waals surface area contributed by atoms with Gasteiger partial charge < -0.3 is 20.2 Å². The number of nitriles is 1. The molecule has 1 fully saturated rings. The van der Waals surface area contributed by atoms with Crippen molar-refractivity contribution >= 4 is 29.2 Å². The summed E-state index contributed by atoms with van der Waals surface area (Å²) in [5.41, 5.74) is -2.51. The van der Waals surface area contributed by atoms with Gasteiger partial charge in [0.05, 0.1) is 16.1 Å². The summed E-state index contributed by atoms with van der Waals surface area (Å²) in [6, 6.07) is 14.8. The molecule has 1 aliphatic heterocycles. The van der Waals surface area contributed by atoms with Crippen molar-refractivity contribution < 1.29 is 27.9 Å². The lowest BCUT2D eigenvalue weighted by Crippen LogP contribution is -2.59. The molecule has 1 aromatic heterocycles. The first kappa shape index (κ1) is 27.9. The van der Waals surface area contributed by atoms with Gasteiger partial charge >= 0.3 is 6.18 Å². The third kappa shape index (κ3) is 5.26. The van der Waals surface area contributed by atoms with Gasteiger partial charge in [-0.2, -0.15) is 18.4 Å². The number of benzene rings is 2. The number of nitrogens with one attached hydrogen (secondary N) is 1. The number of nitrogens with zero attached hydrogens (tertiary/aromatic N) is 4. The molecule has 0 radical (unpaired) electrons. The van der Waals surface area contributed by atoms with Crippen molar-refractivity contribution in [2.45, 2.75) is 11.8 Å². The van der Waals surface area contributed by atoms with Crippen LogP contribution in [-0.4, -0.2) is 66.2 Å². The van der Waals surface area contributed by atoms with E-state index in [1.807, 2.05) is 0 Å². The van der Waals surface area contributed by atoms with Crippen LogP contribution in [0.2, 0.25) is 5.02 Å². The highest BCUT2D eigenvalue weighted by atomic mass is 35.5. The number of halogens is 4. The zero-order chi connectivity index (χ0) is 28.4. The number of amides is 2. The zero-order valence-corrected chi connectivity index (χ0v) is 21.4. The molecule has 1 saturated heterocycles. The van der Waals surface area contributed by atoms with Crippen molar-refractivity contribution in [3.05, 3.63) is 82.5 Å². The zero-order valence-electron chi connectivity index (χ0n) is 20.7. The van der Waals surface area contributed by atoms with E-state index < -0.39 is 23.2 Å². The summed E-state index contributed by atoms with van der Waals surface area (Å²) in [6.07, 6.45) is -3.70. The second-order valence-electron chi connectivity index (χ2n) is 8.83. The van der Waals surface area contributed by atoms with Gasteiger partial charge in [0.15, 0.2) is 0 Å². The molecule has 4 rings (SSSR count). The molecule has 2 N–H and O–H groups in total. The molecule has 0 bridgehead atoms. The largest absolute Gasteiger partial charge is 0.430 e. The molecule has 12 heteroatoms. The minimum atomic E-state index is -5.23. The lowest BCUT2D eigenvalue weighted by Gasteiger charge is -2.40. The Morgan fingerprint density at radius 2 is 1.72 bits per heavy atom. The van der Waals surface area contributed by atoms with Crippen molar-refractivity contribution in [1.82, 2.24) is 15.2 Å². The van der Waals surface area contributed by atoms with Gasteiger partial charge in [-0.3, -0.25) is 9.59 Å². The molecule has 0 aliphatic carbocycles. The molecule has 2 aromatic carbocycles. The van der Waals surface area contributed by atoms with Crippen LogP contribution in [0, 0.1) is 11.3 Å². The van der Waals surface area contributed by atoms with Crippen LogP contribution < -0.4 is 10.2 Å². The maximum Gasteiger partial charge on any atom is 0.430 e. The number of piperazine rings is 1. The minimum absolute atomic E-state index is 0.0994. The standard InChI is InChI=1S/C27H23ClF3N5O3/c1-33-24(37)21-8-7-17(14-22(21)28)19-13-18(15-32)23(34-16-19)35-9-11-36(12-10-35)25(38)26(39,27(29,30)31)20-5-3-2-4-6-20/h2-8,13-14,16,39H,9-12H2,1H3,(H,33,37).